The van der Waals surface area contributed by atoms with Gasteiger partial charge >= 0.3 is 10.4 Å². The van der Waals surface area contributed by atoms with Crippen molar-refractivity contribution in [3.8, 4) is 5.75 Å². The molecule has 0 aliphatic heterocycles. The van der Waals surface area contributed by atoms with Gasteiger partial charge in [0.1, 0.15) is 0 Å². The van der Waals surface area contributed by atoms with Crippen LogP contribution in [0.25, 0.3) is 36.5 Å². The maximum atomic E-state index is 11.6. The van der Waals surface area contributed by atoms with E-state index in [-0.39, 0.29) is 5.75 Å². The third-order valence-corrected chi connectivity index (χ3v) is 6.01. The third-order valence-electron chi connectivity index (χ3n) is 5.62. The van der Waals surface area contributed by atoms with Gasteiger partial charge in [-0.25, -0.2) is 0 Å². The predicted octanol–water partition coefficient (Wildman–Crippen LogP) is 8.42. The molecule has 40 heavy (non-hydrogen) atoms. The molecule has 0 saturated carbocycles. The fourth-order valence-electron chi connectivity index (χ4n) is 3.76. The lowest BCUT2D eigenvalue weighted by atomic mass is 9.96. The van der Waals surface area contributed by atoms with Crippen LogP contribution in [0, 0.1) is 0 Å². The Morgan fingerprint density at radius 2 is 1.00 bits per heavy atom. The zero-order valence-corrected chi connectivity index (χ0v) is 23.5. The summed E-state index contributed by atoms with van der Waals surface area (Å²) in [5.41, 5.74) is 5.09. The average molecular weight is 555 g/mol. The van der Waals surface area contributed by atoms with Gasteiger partial charge in [0, 0.05) is 18.8 Å². The molecule has 0 atom stereocenters. The smallest absolute Gasteiger partial charge is 0.382 e. The second-order valence-electron chi connectivity index (χ2n) is 8.50. The maximum absolute atomic E-state index is 11.6. The molecule has 0 unspecified atom stereocenters. The summed E-state index contributed by atoms with van der Waals surface area (Å²) in [5, 5.41) is 0. The molecular weight excluding hydrogens is 520 g/mol. The van der Waals surface area contributed by atoms with E-state index in [0.29, 0.717) is 5.56 Å². The van der Waals surface area contributed by atoms with E-state index >= 15 is 0 Å². The first-order valence-electron chi connectivity index (χ1n) is 13.0. The first-order valence-corrected chi connectivity index (χ1v) is 14.4. The molecule has 0 heterocycles. The zero-order valence-electron chi connectivity index (χ0n) is 22.7. The summed E-state index contributed by atoms with van der Waals surface area (Å²) >= 11 is 0. The summed E-state index contributed by atoms with van der Waals surface area (Å²) in [6, 6.07) is 32.7. The lowest BCUT2D eigenvalue weighted by molar-refractivity contribution is 0.162. The van der Waals surface area contributed by atoms with Crippen LogP contribution < -0.4 is 4.18 Å². The summed E-state index contributed by atoms with van der Waals surface area (Å²) in [4.78, 5) is 0. The summed E-state index contributed by atoms with van der Waals surface area (Å²) in [6.07, 6.45) is 11.5. The Labute approximate surface area is 237 Å². The molecule has 0 radical (unpaired) electrons. The highest BCUT2D eigenvalue weighted by Crippen LogP contribution is 2.32. The van der Waals surface area contributed by atoms with E-state index < -0.39 is 10.4 Å². The Bertz CT molecular complexity index is 1510. The number of hydrogen-bond donors (Lipinski definition) is 1. The molecule has 0 bridgehead atoms. The number of rotatable bonds is 10. The van der Waals surface area contributed by atoms with Crippen molar-refractivity contribution in [1.82, 2.24) is 0 Å². The lowest BCUT2D eigenvalue weighted by Gasteiger charge is -2.12. The van der Waals surface area contributed by atoms with Crippen molar-refractivity contribution in [2.75, 3.05) is 13.2 Å². The summed E-state index contributed by atoms with van der Waals surface area (Å²) < 4.78 is 42.4. The molecule has 0 aliphatic rings. The van der Waals surface area contributed by atoms with E-state index in [2.05, 4.69) is 0 Å². The standard InChI is InChI=1S/C30H24O4S.C4H10O/c31-35(32,33)34-30-23-20-27(19-16-24-10-4-1-5-11-24)28(21-17-25-12-6-2-7-13-25)29(30)22-18-26-14-8-3-9-15-26;1-3-5-4-2/h1-23H,(H,31,32,33);3-4H2,1-2H3/b19-16+,21-17+,22-18+;. The molecule has 0 aliphatic carbocycles. The minimum absolute atomic E-state index is 0.0317. The van der Waals surface area contributed by atoms with E-state index in [0.717, 1.165) is 41.0 Å². The molecule has 4 aromatic carbocycles. The summed E-state index contributed by atoms with van der Waals surface area (Å²) in [5.74, 6) is 0.0317. The second kappa shape index (κ2) is 16.0. The normalized spacial score (nSPS) is 11.6. The third kappa shape index (κ3) is 10.5. The minimum atomic E-state index is -4.71. The van der Waals surface area contributed by atoms with Gasteiger partial charge in [0.05, 0.1) is 0 Å². The molecule has 206 valence electrons. The second-order valence-corrected chi connectivity index (χ2v) is 9.53. The Balaban J connectivity index is 0.000000810. The van der Waals surface area contributed by atoms with Crippen molar-refractivity contribution >= 4 is 46.9 Å². The van der Waals surface area contributed by atoms with Crippen molar-refractivity contribution in [1.29, 1.82) is 0 Å². The maximum Gasteiger partial charge on any atom is 0.446 e. The highest BCUT2D eigenvalue weighted by atomic mass is 32.3. The Hall–Kier alpha value is -4.23. The lowest BCUT2D eigenvalue weighted by Crippen LogP contribution is -2.08. The minimum Gasteiger partial charge on any atom is -0.382 e. The van der Waals surface area contributed by atoms with Gasteiger partial charge in [-0.15, -0.1) is 0 Å². The van der Waals surface area contributed by atoms with Crippen molar-refractivity contribution in [2.24, 2.45) is 0 Å². The monoisotopic (exact) mass is 554 g/mol. The highest BCUT2D eigenvalue weighted by Gasteiger charge is 2.15. The van der Waals surface area contributed by atoms with Crippen LogP contribution in [-0.2, 0) is 15.1 Å². The molecule has 0 saturated heterocycles. The van der Waals surface area contributed by atoms with Gasteiger partial charge in [0.15, 0.2) is 5.75 Å². The fraction of sp³-hybridized carbons (Fsp3) is 0.118. The van der Waals surface area contributed by atoms with Crippen LogP contribution in [0.15, 0.2) is 103 Å². The summed E-state index contributed by atoms with van der Waals surface area (Å²) in [6.45, 7) is 5.67. The van der Waals surface area contributed by atoms with Gasteiger partial charge in [-0.1, -0.05) is 127 Å². The van der Waals surface area contributed by atoms with Crippen LogP contribution >= 0.6 is 0 Å². The molecule has 0 aromatic heterocycles. The SMILES string of the molecule is CCOCC.O=S(=O)(O)Oc1ccc(/C=C/c2ccccc2)c(/C=C/c2ccccc2)c1/C=C/c1ccccc1. The zero-order chi connectivity index (χ0) is 28.6. The molecule has 0 amide bonds. The number of hydrogen-bond acceptors (Lipinski definition) is 4. The van der Waals surface area contributed by atoms with Crippen molar-refractivity contribution in [3.63, 3.8) is 0 Å². The molecule has 4 aromatic rings. The van der Waals surface area contributed by atoms with Crippen LogP contribution in [0.1, 0.15) is 47.2 Å². The molecule has 4 rings (SSSR count). The Kier molecular flexibility index (Phi) is 12.1. The highest BCUT2D eigenvalue weighted by molar-refractivity contribution is 7.81. The van der Waals surface area contributed by atoms with Crippen LogP contribution in [0.3, 0.4) is 0 Å². The van der Waals surface area contributed by atoms with Crippen LogP contribution in [0.5, 0.6) is 5.75 Å². The Morgan fingerprint density at radius 1 is 0.575 bits per heavy atom. The van der Waals surface area contributed by atoms with Crippen molar-refractivity contribution < 1.29 is 21.9 Å². The van der Waals surface area contributed by atoms with Gasteiger partial charge in [-0.2, -0.15) is 8.42 Å². The van der Waals surface area contributed by atoms with E-state index in [1.54, 1.807) is 18.2 Å². The summed E-state index contributed by atoms with van der Waals surface area (Å²) in [7, 11) is -4.71. The van der Waals surface area contributed by atoms with Crippen LogP contribution in [0.4, 0.5) is 0 Å². The number of benzene rings is 4. The quantitative estimate of drug-likeness (QED) is 0.157. The van der Waals surface area contributed by atoms with E-state index in [1.165, 1.54) is 0 Å². The van der Waals surface area contributed by atoms with Crippen LogP contribution in [-0.4, -0.2) is 26.2 Å². The first-order chi connectivity index (χ1) is 19.4. The first kappa shape index (κ1) is 30.3. The molecular formula is C34H34O5S. The Morgan fingerprint density at radius 3 is 1.40 bits per heavy atom. The average Bonchev–Trinajstić information content (AvgIpc) is 2.96. The van der Waals surface area contributed by atoms with Crippen molar-refractivity contribution in [2.45, 2.75) is 13.8 Å². The fourth-order valence-corrected chi connectivity index (χ4v) is 4.14. The molecule has 5 nitrogen and oxygen atoms in total. The van der Waals surface area contributed by atoms with Crippen LogP contribution in [0.2, 0.25) is 0 Å². The molecule has 1 N–H and O–H groups in total. The molecule has 0 spiro atoms. The number of ether oxygens (including phenoxy) is 1. The predicted molar refractivity (Wildman–Crippen MR) is 167 cm³/mol. The molecule has 6 heteroatoms. The van der Waals surface area contributed by atoms with Gasteiger partial charge in [-0.3, -0.25) is 4.55 Å². The van der Waals surface area contributed by atoms with Crippen molar-refractivity contribution in [3.05, 3.63) is 137 Å². The van der Waals surface area contributed by atoms with Gasteiger partial charge < -0.3 is 8.92 Å². The van der Waals surface area contributed by atoms with Gasteiger partial charge in [0.25, 0.3) is 0 Å². The van der Waals surface area contributed by atoms with E-state index in [1.807, 2.05) is 135 Å². The van der Waals surface area contributed by atoms with Gasteiger partial charge in [-0.05, 0) is 53.8 Å². The molecule has 0 fully saturated rings. The van der Waals surface area contributed by atoms with E-state index in [4.69, 9.17) is 8.92 Å². The van der Waals surface area contributed by atoms with Gasteiger partial charge in [0.2, 0.25) is 0 Å². The largest absolute Gasteiger partial charge is 0.446 e. The van der Waals surface area contributed by atoms with E-state index in [9.17, 15) is 13.0 Å². The topological polar surface area (TPSA) is 72.8 Å².